The molecule has 3 aromatic rings. The lowest BCUT2D eigenvalue weighted by molar-refractivity contribution is -0.138. The number of hydrogen-bond donors (Lipinski definition) is 4. The number of urea groups is 1. The quantitative estimate of drug-likeness (QED) is 0.335. The number of ether oxygens (including phenoxy) is 1. The number of nitrogens with zero attached hydrogens (tertiary/aromatic N) is 2. The second-order valence-electron chi connectivity index (χ2n) is 7.08. The minimum atomic E-state index is -4.45. The Balaban J connectivity index is 1.67. The van der Waals surface area contributed by atoms with E-state index in [1.807, 2.05) is 0 Å². The monoisotopic (exact) mass is 472 g/mol. The third-order valence-corrected chi connectivity index (χ3v) is 4.69. The fourth-order valence-corrected chi connectivity index (χ4v) is 2.97. The van der Waals surface area contributed by atoms with E-state index in [9.17, 15) is 26.7 Å². The van der Waals surface area contributed by atoms with Crippen molar-refractivity contribution in [3.63, 3.8) is 0 Å². The zero-order chi connectivity index (χ0) is 24.0. The highest BCUT2D eigenvalue weighted by atomic mass is 19.4. The Morgan fingerprint density at radius 2 is 1.94 bits per heavy atom. The van der Waals surface area contributed by atoms with Crippen LogP contribution in [-0.4, -0.2) is 46.6 Å². The summed E-state index contributed by atoms with van der Waals surface area (Å²) < 4.78 is 67.2. The molecule has 0 fully saturated rings. The first-order valence-corrected chi connectivity index (χ1v) is 9.83. The van der Waals surface area contributed by atoms with Crippen molar-refractivity contribution in [2.45, 2.75) is 38.2 Å². The molecule has 0 aliphatic rings. The van der Waals surface area contributed by atoms with Gasteiger partial charge in [0.15, 0.2) is 5.82 Å². The molecule has 3 rings (SSSR count). The highest BCUT2D eigenvalue weighted by molar-refractivity contribution is 5.94. The van der Waals surface area contributed by atoms with Crippen LogP contribution in [0.1, 0.15) is 24.9 Å². The summed E-state index contributed by atoms with van der Waals surface area (Å²) in [5.74, 6) is 0.0798. The number of carbonyl (C=O) groups excluding carboxylic acids is 1. The van der Waals surface area contributed by atoms with Crippen molar-refractivity contribution < 1.29 is 31.5 Å². The summed E-state index contributed by atoms with van der Waals surface area (Å²) in [5.41, 5.74) is 1.04. The maximum absolute atomic E-state index is 12.8. The second kappa shape index (κ2) is 10.4. The van der Waals surface area contributed by atoms with Crippen LogP contribution in [0.2, 0.25) is 0 Å². The summed E-state index contributed by atoms with van der Waals surface area (Å²) in [6, 6.07) is 7.05. The summed E-state index contributed by atoms with van der Waals surface area (Å²) in [6.45, 7) is -2.23. The molecule has 8 nitrogen and oxygen atoms in total. The average Bonchev–Trinajstić information content (AvgIpc) is 3.14. The first kappa shape index (κ1) is 24.2. The fourth-order valence-electron chi connectivity index (χ4n) is 2.97. The lowest BCUT2D eigenvalue weighted by Crippen LogP contribution is -2.33. The minimum Gasteiger partial charge on any atom is -0.357 e. The van der Waals surface area contributed by atoms with Crippen molar-refractivity contribution >= 4 is 28.6 Å². The van der Waals surface area contributed by atoms with E-state index in [4.69, 9.17) is 0 Å². The van der Waals surface area contributed by atoms with Gasteiger partial charge < -0.3 is 15.4 Å². The molecule has 4 N–H and O–H groups in total. The maximum Gasteiger partial charge on any atom is 0.408 e. The number of anilines is 2. The van der Waals surface area contributed by atoms with Gasteiger partial charge in [-0.1, -0.05) is 30.3 Å². The van der Waals surface area contributed by atoms with E-state index in [1.54, 1.807) is 30.3 Å². The lowest BCUT2D eigenvalue weighted by atomic mass is 10.0. The van der Waals surface area contributed by atoms with Crippen molar-refractivity contribution in [2.24, 2.45) is 0 Å². The Hall–Kier alpha value is -3.48. The molecular formula is C20H21F5N6O2. The van der Waals surface area contributed by atoms with Crippen LogP contribution in [0.15, 0.2) is 42.6 Å². The maximum atomic E-state index is 12.8. The van der Waals surface area contributed by atoms with Gasteiger partial charge in [0.05, 0.1) is 23.6 Å². The van der Waals surface area contributed by atoms with Crippen LogP contribution in [0.25, 0.3) is 10.9 Å². The Morgan fingerprint density at radius 3 is 2.61 bits per heavy atom. The third kappa shape index (κ3) is 6.75. The number of alkyl halides is 5. The first-order chi connectivity index (χ1) is 15.6. The SMILES string of the molecule is CC(Nc1n[nH]c2cc(NC(=O)N[C@H](CCOC(F)F)c3ccccc3)ncc12)C(F)(F)F. The number of carbonyl (C=O) groups is 1. The Labute approximate surface area is 184 Å². The molecule has 2 atom stereocenters. The van der Waals surface area contributed by atoms with Crippen LogP contribution in [0.3, 0.4) is 0 Å². The van der Waals surface area contributed by atoms with Gasteiger partial charge in [-0.2, -0.15) is 27.1 Å². The second-order valence-corrected chi connectivity index (χ2v) is 7.08. The normalized spacial score (nSPS) is 13.7. The zero-order valence-corrected chi connectivity index (χ0v) is 17.3. The van der Waals surface area contributed by atoms with Gasteiger partial charge in [-0.3, -0.25) is 10.4 Å². The highest BCUT2D eigenvalue weighted by Crippen LogP contribution is 2.27. The molecule has 0 spiro atoms. The Bertz CT molecular complexity index is 1060. The van der Waals surface area contributed by atoms with Gasteiger partial charge in [-0.15, -0.1) is 0 Å². The van der Waals surface area contributed by atoms with E-state index >= 15 is 0 Å². The van der Waals surface area contributed by atoms with Crippen LogP contribution in [0.4, 0.5) is 38.4 Å². The van der Waals surface area contributed by atoms with Gasteiger partial charge in [-0.25, -0.2) is 9.78 Å². The molecule has 0 aliphatic heterocycles. The van der Waals surface area contributed by atoms with Crippen LogP contribution in [0, 0.1) is 0 Å². The number of fused-ring (bicyclic) bond motifs is 1. The van der Waals surface area contributed by atoms with E-state index < -0.39 is 30.9 Å². The average molecular weight is 472 g/mol. The van der Waals surface area contributed by atoms with Crippen molar-refractivity contribution in [3.8, 4) is 0 Å². The molecular weight excluding hydrogens is 451 g/mol. The number of benzene rings is 1. The Morgan fingerprint density at radius 1 is 1.21 bits per heavy atom. The number of halogens is 5. The largest absolute Gasteiger partial charge is 0.408 e. The van der Waals surface area contributed by atoms with Gasteiger partial charge in [-0.05, 0) is 18.9 Å². The highest BCUT2D eigenvalue weighted by Gasteiger charge is 2.36. The summed E-state index contributed by atoms with van der Waals surface area (Å²) in [4.78, 5) is 16.5. The van der Waals surface area contributed by atoms with Gasteiger partial charge in [0, 0.05) is 12.3 Å². The van der Waals surface area contributed by atoms with E-state index in [0.717, 1.165) is 6.92 Å². The zero-order valence-electron chi connectivity index (χ0n) is 17.3. The summed E-state index contributed by atoms with van der Waals surface area (Å²) >= 11 is 0. The molecule has 0 bridgehead atoms. The molecule has 1 aromatic carbocycles. The molecule has 1 unspecified atom stereocenters. The molecule has 13 heteroatoms. The van der Waals surface area contributed by atoms with Crippen molar-refractivity contribution in [1.29, 1.82) is 0 Å². The van der Waals surface area contributed by atoms with Crippen molar-refractivity contribution in [2.75, 3.05) is 17.2 Å². The van der Waals surface area contributed by atoms with Gasteiger partial charge in [0.2, 0.25) is 0 Å². The van der Waals surface area contributed by atoms with E-state index in [2.05, 4.69) is 35.9 Å². The molecule has 0 saturated heterocycles. The summed E-state index contributed by atoms with van der Waals surface area (Å²) in [5, 5.41) is 14.2. The first-order valence-electron chi connectivity index (χ1n) is 9.83. The lowest BCUT2D eigenvalue weighted by Gasteiger charge is -2.19. The summed E-state index contributed by atoms with van der Waals surface area (Å²) in [6.07, 6.45) is -3.08. The van der Waals surface area contributed by atoms with Gasteiger partial charge in [0.25, 0.3) is 0 Å². The van der Waals surface area contributed by atoms with Crippen molar-refractivity contribution in [1.82, 2.24) is 20.5 Å². The number of hydrogen-bond acceptors (Lipinski definition) is 5. The molecule has 2 aromatic heterocycles. The predicted molar refractivity (Wildman–Crippen MR) is 111 cm³/mol. The van der Waals surface area contributed by atoms with Crippen molar-refractivity contribution in [3.05, 3.63) is 48.2 Å². The van der Waals surface area contributed by atoms with Gasteiger partial charge in [0.1, 0.15) is 11.9 Å². The number of H-pyrrole nitrogens is 1. The number of nitrogens with one attached hydrogen (secondary N) is 4. The molecule has 0 saturated carbocycles. The third-order valence-electron chi connectivity index (χ3n) is 4.69. The molecule has 0 aliphatic carbocycles. The molecule has 33 heavy (non-hydrogen) atoms. The number of rotatable bonds is 9. The molecule has 2 amide bonds. The molecule has 2 heterocycles. The predicted octanol–water partition coefficient (Wildman–Crippen LogP) is 4.81. The smallest absolute Gasteiger partial charge is 0.357 e. The van der Waals surface area contributed by atoms with Crippen LogP contribution in [-0.2, 0) is 4.74 Å². The Kier molecular flexibility index (Phi) is 7.63. The van der Waals surface area contributed by atoms with Crippen LogP contribution < -0.4 is 16.0 Å². The van der Waals surface area contributed by atoms with Crippen LogP contribution >= 0.6 is 0 Å². The minimum absolute atomic E-state index is 0.0264. The van der Waals surface area contributed by atoms with E-state index in [0.29, 0.717) is 16.5 Å². The fraction of sp³-hybridized carbons (Fsp3) is 0.350. The number of amides is 2. The number of pyridine rings is 1. The summed E-state index contributed by atoms with van der Waals surface area (Å²) in [7, 11) is 0. The van der Waals surface area contributed by atoms with Gasteiger partial charge >= 0.3 is 18.8 Å². The standard InChI is InChI=1S/C20H21F5N6O2/c1-11(20(23,24)25)27-17-13-10-26-16(9-15(13)30-31-17)29-19(32)28-14(7-8-33-18(21)22)12-5-3-2-4-6-12/h2-6,9-11,14,18H,7-8H2,1H3,(H2,27,30,31)(H2,26,28,29,32)/t11?,14-/m1/s1. The number of aromatic nitrogens is 3. The molecule has 178 valence electrons. The van der Waals surface area contributed by atoms with Crippen LogP contribution in [0.5, 0.6) is 0 Å². The van der Waals surface area contributed by atoms with E-state index in [-0.39, 0.29) is 24.7 Å². The topological polar surface area (TPSA) is 104 Å². The molecule has 0 radical (unpaired) electrons. The number of aromatic amines is 1. The van der Waals surface area contributed by atoms with E-state index in [1.165, 1.54) is 12.3 Å².